The first-order chi connectivity index (χ1) is 11.4. The van der Waals surface area contributed by atoms with Gasteiger partial charge in [0, 0.05) is 24.4 Å². The van der Waals surface area contributed by atoms with Gasteiger partial charge in [0.2, 0.25) is 0 Å². The minimum Gasteiger partial charge on any atom is -0.393 e. The van der Waals surface area contributed by atoms with E-state index in [4.69, 9.17) is 0 Å². The average Bonchev–Trinajstić information content (AvgIpc) is 2.52. The monoisotopic (exact) mass is 337 g/mol. The van der Waals surface area contributed by atoms with E-state index in [0.29, 0.717) is 19.3 Å². The van der Waals surface area contributed by atoms with Gasteiger partial charge < -0.3 is 10.4 Å². The van der Waals surface area contributed by atoms with E-state index < -0.39 is 11.9 Å². The second-order valence-corrected chi connectivity index (χ2v) is 6.07. The Kier molecular flexibility index (Phi) is 4.71. The third kappa shape index (κ3) is 4.03. The lowest BCUT2D eigenvalue weighted by Crippen LogP contribution is -2.42. The molecule has 2 aromatic rings. The number of nitrogens with one attached hydrogen (secondary N) is 1. The lowest BCUT2D eigenvalue weighted by Gasteiger charge is -2.38. The summed E-state index contributed by atoms with van der Waals surface area (Å²) >= 11 is 0. The highest BCUT2D eigenvalue weighted by Gasteiger charge is 2.35. The van der Waals surface area contributed by atoms with E-state index in [9.17, 15) is 18.3 Å². The predicted molar refractivity (Wildman–Crippen MR) is 83.3 cm³/mol. The highest BCUT2D eigenvalue weighted by molar-refractivity contribution is 5.38. The number of hydrogen-bond acceptors (Lipinski definition) is 4. The molecule has 1 atom stereocenters. The lowest BCUT2D eigenvalue weighted by atomic mass is 9.76. The number of alkyl halides is 3. The molecule has 1 aliphatic rings. The molecule has 24 heavy (non-hydrogen) atoms. The molecule has 0 bridgehead atoms. The molecule has 128 valence electrons. The van der Waals surface area contributed by atoms with Crippen molar-refractivity contribution in [1.82, 2.24) is 9.97 Å². The fourth-order valence-electron chi connectivity index (χ4n) is 2.90. The molecule has 2 N–H and O–H groups in total. The lowest BCUT2D eigenvalue weighted by molar-refractivity contribution is -0.141. The van der Waals surface area contributed by atoms with Gasteiger partial charge in [-0.05, 0) is 43.0 Å². The van der Waals surface area contributed by atoms with Crippen molar-refractivity contribution in [1.29, 1.82) is 0 Å². The zero-order valence-electron chi connectivity index (χ0n) is 12.9. The highest BCUT2D eigenvalue weighted by Crippen LogP contribution is 2.34. The van der Waals surface area contributed by atoms with Crippen molar-refractivity contribution < 1.29 is 18.3 Å². The molecule has 1 unspecified atom stereocenters. The molecular weight excluding hydrogens is 319 g/mol. The zero-order valence-corrected chi connectivity index (χ0v) is 12.9. The van der Waals surface area contributed by atoms with Gasteiger partial charge in [0.05, 0.1) is 6.10 Å². The summed E-state index contributed by atoms with van der Waals surface area (Å²) in [7, 11) is 0. The Morgan fingerprint density at radius 2 is 1.96 bits per heavy atom. The molecule has 0 radical (unpaired) electrons. The second kappa shape index (κ2) is 6.76. The van der Waals surface area contributed by atoms with E-state index in [1.807, 2.05) is 18.2 Å². The van der Waals surface area contributed by atoms with Crippen molar-refractivity contribution in [3.8, 4) is 0 Å². The summed E-state index contributed by atoms with van der Waals surface area (Å²) in [5.74, 6) is 0.366. The maximum absolute atomic E-state index is 12.8. The van der Waals surface area contributed by atoms with Crippen molar-refractivity contribution in [2.75, 3.05) is 5.32 Å². The van der Waals surface area contributed by atoms with E-state index in [1.54, 1.807) is 6.20 Å². The Bertz CT molecular complexity index is 672. The summed E-state index contributed by atoms with van der Waals surface area (Å²) < 4.78 is 38.4. The van der Waals surface area contributed by atoms with Crippen LogP contribution < -0.4 is 5.32 Å². The van der Waals surface area contributed by atoms with Gasteiger partial charge >= 0.3 is 6.18 Å². The summed E-state index contributed by atoms with van der Waals surface area (Å²) in [6, 6.07) is 9.25. The van der Waals surface area contributed by atoms with E-state index >= 15 is 0 Å². The number of aliphatic hydroxyl groups is 1. The molecule has 0 aromatic carbocycles. The Hall–Kier alpha value is -2.15. The maximum Gasteiger partial charge on any atom is 0.433 e. The molecule has 7 heteroatoms. The number of halogens is 3. The van der Waals surface area contributed by atoms with Crippen LogP contribution in [0.5, 0.6) is 0 Å². The molecule has 1 fully saturated rings. The van der Waals surface area contributed by atoms with Crippen molar-refractivity contribution in [2.24, 2.45) is 5.92 Å². The minimum absolute atomic E-state index is 0.126. The normalized spacial score (nSPS) is 21.8. The third-order valence-corrected chi connectivity index (χ3v) is 4.25. The first-order valence-electron chi connectivity index (χ1n) is 7.80. The molecule has 1 saturated carbocycles. The van der Waals surface area contributed by atoms with Crippen LogP contribution in [-0.2, 0) is 12.6 Å². The SMILES string of the molecule is OC1CC(C(Cc2ccccn2)Nc2cccc(C(F)(F)F)n2)C1. The molecule has 0 aliphatic heterocycles. The fraction of sp³-hybridized carbons (Fsp3) is 0.412. The van der Waals surface area contributed by atoms with Crippen molar-refractivity contribution >= 4 is 5.82 Å². The number of hydrogen-bond donors (Lipinski definition) is 2. The van der Waals surface area contributed by atoms with E-state index in [-0.39, 0.29) is 23.9 Å². The van der Waals surface area contributed by atoms with E-state index in [2.05, 4.69) is 15.3 Å². The topological polar surface area (TPSA) is 58.0 Å². The average molecular weight is 337 g/mol. The number of anilines is 1. The summed E-state index contributed by atoms with van der Waals surface area (Å²) in [6.45, 7) is 0. The first-order valence-corrected chi connectivity index (χ1v) is 7.80. The molecular formula is C17H18F3N3O. The van der Waals surface area contributed by atoms with Gasteiger partial charge in [0.15, 0.2) is 0 Å². The molecule has 2 aromatic heterocycles. The van der Waals surface area contributed by atoms with Crippen LogP contribution in [-0.4, -0.2) is 27.2 Å². The van der Waals surface area contributed by atoms with Crippen molar-refractivity contribution in [3.05, 3.63) is 54.0 Å². The Balaban J connectivity index is 1.76. The molecule has 3 rings (SSSR count). The summed E-state index contributed by atoms with van der Waals surface area (Å²) in [5, 5.41) is 12.6. The van der Waals surface area contributed by atoms with Crippen LogP contribution in [0.2, 0.25) is 0 Å². The number of rotatable bonds is 5. The van der Waals surface area contributed by atoms with Crippen LogP contribution in [0.4, 0.5) is 19.0 Å². The summed E-state index contributed by atoms with van der Waals surface area (Å²) in [4.78, 5) is 7.94. The smallest absolute Gasteiger partial charge is 0.393 e. The van der Waals surface area contributed by atoms with Gasteiger partial charge in [-0.15, -0.1) is 0 Å². The van der Waals surface area contributed by atoms with Gasteiger partial charge in [0.25, 0.3) is 0 Å². The molecule has 0 spiro atoms. The molecule has 4 nitrogen and oxygen atoms in total. The van der Waals surface area contributed by atoms with Crippen LogP contribution in [0.25, 0.3) is 0 Å². The fourth-order valence-corrected chi connectivity index (χ4v) is 2.90. The number of nitrogens with zero attached hydrogens (tertiary/aromatic N) is 2. The Morgan fingerprint density at radius 3 is 2.58 bits per heavy atom. The quantitative estimate of drug-likeness (QED) is 0.879. The summed E-state index contributed by atoms with van der Waals surface area (Å²) in [6.07, 6.45) is -1.30. The van der Waals surface area contributed by atoms with Gasteiger partial charge in [-0.3, -0.25) is 4.98 Å². The molecule has 0 amide bonds. The number of aliphatic hydroxyl groups excluding tert-OH is 1. The van der Waals surface area contributed by atoms with Gasteiger partial charge in [-0.25, -0.2) is 4.98 Å². The van der Waals surface area contributed by atoms with Crippen LogP contribution in [0.1, 0.15) is 24.2 Å². The number of aromatic nitrogens is 2. The zero-order chi connectivity index (χ0) is 17.2. The van der Waals surface area contributed by atoms with Crippen LogP contribution in [0, 0.1) is 5.92 Å². The highest BCUT2D eigenvalue weighted by atomic mass is 19.4. The first kappa shape index (κ1) is 16.7. The van der Waals surface area contributed by atoms with Crippen molar-refractivity contribution in [2.45, 2.75) is 37.6 Å². The van der Waals surface area contributed by atoms with Gasteiger partial charge in [-0.1, -0.05) is 12.1 Å². The van der Waals surface area contributed by atoms with Gasteiger partial charge in [0.1, 0.15) is 11.5 Å². The largest absolute Gasteiger partial charge is 0.433 e. The number of pyridine rings is 2. The molecule has 0 saturated heterocycles. The second-order valence-electron chi connectivity index (χ2n) is 6.07. The summed E-state index contributed by atoms with van der Waals surface area (Å²) in [5.41, 5.74) is -0.0684. The van der Waals surface area contributed by atoms with Crippen LogP contribution in [0.3, 0.4) is 0 Å². The molecule has 1 aliphatic carbocycles. The third-order valence-electron chi connectivity index (χ3n) is 4.25. The van der Waals surface area contributed by atoms with Gasteiger partial charge in [-0.2, -0.15) is 13.2 Å². The predicted octanol–water partition coefficient (Wildman–Crippen LogP) is 3.29. The minimum atomic E-state index is -4.47. The van der Waals surface area contributed by atoms with Crippen LogP contribution >= 0.6 is 0 Å². The van der Waals surface area contributed by atoms with Crippen LogP contribution in [0.15, 0.2) is 42.6 Å². The Labute approximate surface area is 137 Å². The molecule has 2 heterocycles. The van der Waals surface area contributed by atoms with Crippen molar-refractivity contribution in [3.63, 3.8) is 0 Å². The standard InChI is InChI=1S/C17H18F3N3O/c18-17(19,20)15-5-3-6-16(23-15)22-14(11-8-13(24)9-11)10-12-4-1-2-7-21-12/h1-7,11,13-14,24H,8-10H2,(H,22,23). The Morgan fingerprint density at radius 1 is 1.17 bits per heavy atom. The maximum atomic E-state index is 12.8. The van der Waals surface area contributed by atoms with E-state index in [1.165, 1.54) is 12.1 Å². The van der Waals surface area contributed by atoms with E-state index in [0.717, 1.165) is 11.8 Å².